The van der Waals surface area contributed by atoms with Gasteiger partial charge in [0.2, 0.25) is 5.95 Å². The Hall–Kier alpha value is -2.87. The van der Waals surface area contributed by atoms with E-state index in [1.807, 2.05) is 30.3 Å². The Bertz CT molecular complexity index is 816. The number of para-hydroxylation sites is 1. The minimum Gasteiger partial charge on any atom is -0.492 e. The summed E-state index contributed by atoms with van der Waals surface area (Å²) in [5.74, 6) is 2.39. The lowest BCUT2D eigenvalue weighted by molar-refractivity contribution is 0.122. The van der Waals surface area contributed by atoms with E-state index >= 15 is 0 Å². The van der Waals surface area contributed by atoms with E-state index in [-0.39, 0.29) is 0 Å². The molecule has 2 aromatic heterocycles. The highest BCUT2D eigenvalue weighted by molar-refractivity contribution is 5.84. The zero-order valence-corrected chi connectivity index (χ0v) is 13.8. The molecule has 1 aliphatic rings. The van der Waals surface area contributed by atoms with Crippen LogP contribution in [0, 0.1) is 0 Å². The Labute approximate surface area is 145 Å². The van der Waals surface area contributed by atoms with Gasteiger partial charge in [0.1, 0.15) is 24.2 Å². The van der Waals surface area contributed by atoms with E-state index in [4.69, 9.17) is 9.47 Å². The molecule has 25 heavy (non-hydrogen) atoms. The first kappa shape index (κ1) is 15.6. The van der Waals surface area contributed by atoms with Crippen molar-refractivity contribution >= 4 is 22.9 Å². The van der Waals surface area contributed by atoms with Crippen molar-refractivity contribution in [3.05, 3.63) is 36.7 Å². The third kappa shape index (κ3) is 3.63. The average molecular weight is 340 g/mol. The van der Waals surface area contributed by atoms with Crippen molar-refractivity contribution in [3.8, 4) is 5.75 Å². The first-order valence-corrected chi connectivity index (χ1v) is 8.35. The van der Waals surface area contributed by atoms with Gasteiger partial charge in [-0.1, -0.05) is 18.2 Å². The number of hydrogen-bond donors (Lipinski definition) is 2. The van der Waals surface area contributed by atoms with Crippen molar-refractivity contribution in [3.63, 3.8) is 0 Å². The molecular weight excluding hydrogens is 320 g/mol. The van der Waals surface area contributed by atoms with Gasteiger partial charge in [0, 0.05) is 13.1 Å². The van der Waals surface area contributed by atoms with E-state index in [2.05, 4.69) is 30.2 Å². The Morgan fingerprint density at radius 1 is 1.16 bits per heavy atom. The smallest absolute Gasteiger partial charge is 0.205 e. The molecule has 0 saturated carbocycles. The molecule has 0 spiro atoms. The lowest BCUT2D eigenvalue weighted by Gasteiger charge is -2.25. The molecule has 4 rings (SSSR count). The Balaban J connectivity index is 1.41. The number of benzene rings is 1. The van der Waals surface area contributed by atoms with Gasteiger partial charge < -0.3 is 24.7 Å². The zero-order chi connectivity index (χ0) is 16.9. The van der Waals surface area contributed by atoms with Gasteiger partial charge in [-0.05, 0) is 12.1 Å². The number of rotatable bonds is 6. The van der Waals surface area contributed by atoms with Crippen LogP contribution in [0.2, 0.25) is 0 Å². The number of aromatic nitrogens is 4. The first-order valence-electron chi connectivity index (χ1n) is 8.35. The van der Waals surface area contributed by atoms with Crippen molar-refractivity contribution < 1.29 is 9.47 Å². The molecule has 3 heterocycles. The van der Waals surface area contributed by atoms with Gasteiger partial charge in [-0.3, -0.25) is 0 Å². The summed E-state index contributed by atoms with van der Waals surface area (Å²) in [6.45, 7) is 4.24. The predicted octanol–water partition coefficient (Wildman–Crippen LogP) is 1.68. The molecule has 3 aromatic rings. The standard InChI is InChI=1S/C17H20N6O2/c1-2-4-13(5-3-1)25-9-6-18-15-14-16(20-12-19-15)22-17(21-14)23-7-10-24-11-8-23/h1-5,12H,6-11H2,(H2,18,19,20,21,22). The lowest BCUT2D eigenvalue weighted by atomic mass is 10.3. The molecule has 1 saturated heterocycles. The zero-order valence-electron chi connectivity index (χ0n) is 13.8. The third-order valence-corrected chi connectivity index (χ3v) is 3.99. The molecule has 1 aromatic carbocycles. The van der Waals surface area contributed by atoms with Gasteiger partial charge in [-0.25, -0.2) is 9.97 Å². The molecule has 8 heteroatoms. The minimum absolute atomic E-state index is 0.542. The lowest BCUT2D eigenvalue weighted by Crippen LogP contribution is -2.36. The molecule has 0 aliphatic carbocycles. The number of fused-ring (bicyclic) bond motifs is 1. The fourth-order valence-corrected chi connectivity index (χ4v) is 2.73. The van der Waals surface area contributed by atoms with E-state index < -0.39 is 0 Å². The van der Waals surface area contributed by atoms with Gasteiger partial charge in [0.05, 0.1) is 19.8 Å². The highest BCUT2D eigenvalue weighted by Crippen LogP contribution is 2.21. The van der Waals surface area contributed by atoms with Crippen LogP contribution >= 0.6 is 0 Å². The number of nitrogens with zero attached hydrogens (tertiary/aromatic N) is 4. The molecule has 2 N–H and O–H groups in total. The number of H-pyrrole nitrogens is 1. The maximum absolute atomic E-state index is 5.69. The highest BCUT2D eigenvalue weighted by Gasteiger charge is 2.17. The van der Waals surface area contributed by atoms with Gasteiger partial charge >= 0.3 is 0 Å². The highest BCUT2D eigenvalue weighted by atomic mass is 16.5. The van der Waals surface area contributed by atoms with Crippen molar-refractivity contribution in [2.75, 3.05) is 49.7 Å². The quantitative estimate of drug-likeness (QED) is 0.660. The monoisotopic (exact) mass is 340 g/mol. The number of nitrogens with one attached hydrogen (secondary N) is 2. The van der Waals surface area contributed by atoms with Crippen LogP contribution in [0.1, 0.15) is 0 Å². The fraction of sp³-hybridized carbons (Fsp3) is 0.353. The summed E-state index contributed by atoms with van der Waals surface area (Å²) in [4.78, 5) is 18.6. The van der Waals surface area contributed by atoms with Crippen LogP contribution in [0.5, 0.6) is 5.75 Å². The summed E-state index contributed by atoms with van der Waals surface area (Å²) in [5, 5.41) is 3.28. The van der Waals surface area contributed by atoms with Crippen molar-refractivity contribution in [2.45, 2.75) is 0 Å². The summed E-state index contributed by atoms with van der Waals surface area (Å²) < 4.78 is 11.1. The van der Waals surface area contributed by atoms with Gasteiger partial charge in [-0.15, -0.1) is 0 Å². The van der Waals surface area contributed by atoms with Crippen molar-refractivity contribution in [2.24, 2.45) is 0 Å². The van der Waals surface area contributed by atoms with Gasteiger partial charge in [-0.2, -0.15) is 4.98 Å². The van der Waals surface area contributed by atoms with Crippen LogP contribution in [0.3, 0.4) is 0 Å². The SMILES string of the molecule is c1ccc(OCCNc2ncnc3nc(N4CCOCC4)[nH]c23)cc1. The molecule has 0 atom stereocenters. The van der Waals surface area contributed by atoms with E-state index in [0.717, 1.165) is 36.1 Å². The molecule has 0 unspecified atom stereocenters. The molecule has 1 aliphatic heterocycles. The predicted molar refractivity (Wildman–Crippen MR) is 95.1 cm³/mol. The van der Waals surface area contributed by atoms with E-state index in [1.54, 1.807) is 0 Å². The van der Waals surface area contributed by atoms with Crippen LogP contribution < -0.4 is 15.0 Å². The fourth-order valence-electron chi connectivity index (χ4n) is 2.73. The second kappa shape index (κ2) is 7.35. The molecule has 1 fully saturated rings. The van der Waals surface area contributed by atoms with Gasteiger partial charge in [0.25, 0.3) is 0 Å². The van der Waals surface area contributed by atoms with Gasteiger partial charge in [0.15, 0.2) is 11.5 Å². The summed E-state index contributed by atoms with van der Waals surface area (Å²) >= 11 is 0. The topological polar surface area (TPSA) is 88.2 Å². The van der Waals surface area contributed by atoms with Crippen LogP contribution in [0.25, 0.3) is 11.2 Å². The first-order chi connectivity index (χ1) is 12.4. The van der Waals surface area contributed by atoms with Crippen molar-refractivity contribution in [1.29, 1.82) is 0 Å². The number of aromatic amines is 1. The molecular formula is C17H20N6O2. The van der Waals surface area contributed by atoms with E-state index in [9.17, 15) is 0 Å². The number of hydrogen-bond acceptors (Lipinski definition) is 7. The molecule has 0 radical (unpaired) electrons. The molecule has 0 bridgehead atoms. The number of anilines is 2. The molecule has 8 nitrogen and oxygen atoms in total. The normalized spacial score (nSPS) is 14.6. The molecule has 0 amide bonds. The molecule has 130 valence electrons. The average Bonchev–Trinajstić information content (AvgIpc) is 3.12. The summed E-state index contributed by atoms with van der Waals surface area (Å²) in [7, 11) is 0. The second-order valence-corrected chi connectivity index (χ2v) is 5.67. The van der Waals surface area contributed by atoms with Crippen LogP contribution in [0.4, 0.5) is 11.8 Å². The Morgan fingerprint density at radius 3 is 2.84 bits per heavy atom. The maximum atomic E-state index is 5.69. The maximum Gasteiger partial charge on any atom is 0.205 e. The minimum atomic E-state index is 0.542. The van der Waals surface area contributed by atoms with E-state index in [1.165, 1.54) is 6.33 Å². The van der Waals surface area contributed by atoms with Crippen LogP contribution in [-0.4, -0.2) is 59.4 Å². The summed E-state index contributed by atoms with van der Waals surface area (Å²) in [5.41, 5.74) is 1.46. The number of ether oxygens (including phenoxy) is 2. The Kier molecular flexibility index (Phi) is 4.60. The number of imidazole rings is 1. The van der Waals surface area contributed by atoms with E-state index in [0.29, 0.717) is 32.0 Å². The second-order valence-electron chi connectivity index (χ2n) is 5.67. The largest absolute Gasteiger partial charge is 0.492 e. The van der Waals surface area contributed by atoms with Crippen LogP contribution in [-0.2, 0) is 4.74 Å². The summed E-state index contributed by atoms with van der Waals surface area (Å²) in [6, 6.07) is 9.74. The third-order valence-electron chi connectivity index (χ3n) is 3.99. The Morgan fingerprint density at radius 2 is 2.00 bits per heavy atom. The van der Waals surface area contributed by atoms with Crippen molar-refractivity contribution in [1.82, 2.24) is 19.9 Å². The van der Waals surface area contributed by atoms with Crippen LogP contribution in [0.15, 0.2) is 36.7 Å². The number of morpholine rings is 1. The summed E-state index contributed by atoms with van der Waals surface area (Å²) in [6.07, 6.45) is 1.52.